The first kappa shape index (κ1) is 14.5. The first-order valence-corrected chi connectivity index (χ1v) is 6.27. The largest absolute Gasteiger partial charge is 0.481 e. The van der Waals surface area contributed by atoms with Crippen LogP contribution in [0.1, 0.15) is 0 Å². The van der Waals surface area contributed by atoms with Gasteiger partial charge in [-0.15, -0.1) is 0 Å². The predicted molar refractivity (Wildman–Crippen MR) is 72.2 cm³/mol. The number of carboxylic acid groups (broad SMARTS) is 1. The van der Waals surface area contributed by atoms with Gasteiger partial charge in [0.25, 0.3) is 5.69 Å². The van der Waals surface area contributed by atoms with E-state index in [2.05, 4.69) is 0 Å². The van der Waals surface area contributed by atoms with Crippen molar-refractivity contribution in [1.82, 2.24) is 0 Å². The Kier molecular flexibility index (Phi) is 4.10. The Morgan fingerprint density at radius 1 is 1.55 bits per heavy atom. The van der Waals surface area contributed by atoms with Crippen molar-refractivity contribution in [1.29, 1.82) is 0 Å². The highest BCUT2D eigenvalue weighted by Crippen LogP contribution is 2.33. The van der Waals surface area contributed by atoms with Crippen molar-refractivity contribution >= 4 is 28.9 Å². The standard InChI is InChI=1S/C12H13ClN2O5/c1-14(11-6-20-5-8(11)12(16)17)9-3-2-7(13)4-10(9)15(18)19/h2-4,8,11H,5-6H2,1H3,(H,16,17). The molecule has 2 atom stereocenters. The molecule has 20 heavy (non-hydrogen) atoms. The zero-order valence-corrected chi connectivity index (χ0v) is 11.4. The summed E-state index contributed by atoms with van der Waals surface area (Å²) in [5.41, 5.74) is 0.164. The number of nitro groups is 1. The first-order chi connectivity index (χ1) is 9.41. The summed E-state index contributed by atoms with van der Waals surface area (Å²) in [5, 5.41) is 20.5. The van der Waals surface area contributed by atoms with Crippen molar-refractivity contribution in [3.63, 3.8) is 0 Å². The third kappa shape index (κ3) is 2.68. The van der Waals surface area contributed by atoms with Gasteiger partial charge in [-0.2, -0.15) is 0 Å². The molecule has 2 unspecified atom stereocenters. The number of carboxylic acids is 1. The van der Waals surface area contributed by atoms with Gasteiger partial charge in [-0.1, -0.05) is 11.6 Å². The van der Waals surface area contributed by atoms with Crippen LogP contribution in [0.3, 0.4) is 0 Å². The van der Waals surface area contributed by atoms with Crippen LogP contribution >= 0.6 is 11.6 Å². The third-order valence-corrected chi connectivity index (χ3v) is 3.61. The third-order valence-electron chi connectivity index (χ3n) is 3.38. The molecular weight excluding hydrogens is 288 g/mol. The highest BCUT2D eigenvalue weighted by atomic mass is 35.5. The van der Waals surface area contributed by atoms with E-state index < -0.39 is 22.9 Å². The van der Waals surface area contributed by atoms with Gasteiger partial charge in [-0.05, 0) is 12.1 Å². The number of rotatable bonds is 4. The van der Waals surface area contributed by atoms with Crippen LogP contribution in [0, 0.1) is 16.0 Å². The lowest BCUT2D eigenvalue weighted by molar-refractivity contribution is -0.384. The Bertz CT molecular complexity index is 551. The molecular formula is C12H13ClN2O5. The fourth-order valence-electron chi connectivity index (χ4n) is 2.28. The molecule has 0 aliphatic carbocycles. The van der Waals surface area contributed by atoms with Crippen LogP contribution in [0.4, 0.5) is 11.4 Å². The average molecular weight is 301 g/mol. The molecule has 8 heteroatoms. The molecule has 0 saturated carbocycles. The summed E-state index contributed by atoms with van der Waals surface area (Å²) in [6, 6.07) is 3.84. The van der Waals surface area contributed by atoms with E-state index in [0.29, 0.717) is 5.69 Å². The molecule has 1 heterocycles. The molecule has 0 amide bonds. The summed E-state index contributed by atoms with van der Waals surface area (Å²) >= 11 is 5.76. The van der Waals surface area contributed by atoms with E-state index in [9.17, 15) is 14.9 Å². The number of halogens is 1. The van der Waals surface area contributed by atoms with Crippen molar-refractivity contribution in [3.05, 3.63) is 33.3 Å². The molecule has 1 aromatic rings. The molecule has 7 nitrogen and oxygen atoms in total. The number of benzene rings is 1. The lowest BCUT2D eigenvalue weighted by Gasteiger charge is -2.28. The molecule has 1 aromatic carbocycles. The van der Waals surface area contributed by atoms with E-state index in [4.69, 9.17) is 21.4 Å². The lowest BCUT2D eigenvalue weighted by atomic mass is 10.0. The topological polar surface area (TPSA) is 92.9 Å². The molecule has 0 bridgehead atoms. The summed E-state index contributed by atoms with van der Waals surface area (Å²) in [4.78, 5) is 23.3. The second-order valence-electron chi connectivity index (χ2n) is 4.55. The van der Waals surface area contributed by atoms with E-state index in [-0.39, 0.29) is 23.9 Å². The van der Waals surface area contributed by atoms with Gasteiger partial charge in [-0.25, -0.2) is 0 Å². The lowest BCUT2D eigenvalue weighted by Crippen LogP contribution is -2.41. The summed E-state index contributed by atoms with van der Waals surface area (Å²) < 4.78 is 5.18. The Hall–Kier alpha value is -1.86. The molecule has 1 N–H and O–H groups in total. The van der Waals surface area contributed by atoms with Crippen LogP contribution in [0.15, 0.2) is 18.2 Å². The number of aliphatic carboxylic acids is 1. The van der Waals surface area contributed by atoms with Crippen molar-refractivity contribution in [3.8, 4) is 0 Å². The molecule has 0 aromatic heterocycles. The monoisotopic (exact) mass is 300 g/mol. The van der Waals surface area contributed by atoms with Crippen LogP contribution in [0.5, 0.6) is 0 Å². The number of likely N-dealkylation sites (N-methyl/N-ethyl adjacent to an activating group) is 1. The Labute approximate surface area is 119 Å². The minimum absolute atomic E-state index is 0.103. The second-order valence-corrected chi connectivity index (χ2v) is 4.99. The van der Waals surface area contributed by atoms with Gasteiger partial charge < -0.3 is 14.7 Å². The van der Waals surface area contributed by atoms with Crippen LogP contribution in [0.2, 0.25) is 5.02 Å². The molecule has 1 aliphatic rings. The minimum atomic E-state index is -0.976. The van der Waals surface area contributed by atoms with Gasteiger partial charge in [0.2, 0.25) is 0 Å². The number of nitrogens with zero attached hydrogens (tertiary/aromatic N) is 2. The average Bonchev–Trinajstić information content (AvgIpc) is 2.87. The molecule has 1 aliphatic heterocycles. The highest BCUT2D eigenvalue weighted by Gasteiger charge is 2.38. The van der Waals surface area contributed by atoms with Gasteiger partial charge in [0, 0.05) is 18.1 Å². The normalized spacial score (nSPS) is 21.7. The SMILES string of the molecule is CN(c1ccc(Cl)cc1[N+](=O)[O-])C1COCC1C(=O)O. The number of hydrogen-bond acceptors (Lipinski definition) is 5. The van der Waals surface area contributed by atoms with Crippen molar-refractivity contribution in [2.75, 3.05) is 25.2 Å². The number of carbonyl (C=O) groups is 1. The maximum atomic E-state index is 11.2. The van der Waals surface area contributed by atoms with Gasteiger partial charge in [0.1, 0.15) is 11.6 Å². The summed E-state index contributed by atoms with van der Waals surface area (Å²) in [6.07, 6.45) is 0. The predicted octanol–water partition coefficient (Wildman–Crippen LogP) is 1.78. The number of ether oxygens (including phenoxy) is 1. The first-order valence-electron chi connectivity index (χ1n) is 5.89. The van der Waals surface area contributed by atoms with Gasteiger partial charge in [0.05, 0.1) is 24.2 Å². The van der Waals surface area contributed by atoms with Gasteiger partial charge in [-0.3, -0.25) is 14.9 Å². The molecule has 0 spiro atoms. The van der Waals surface area contributed by atoms with E-state index >= 15 is 0 Å². The zero-order valence-electron chi connectivity index (χ0n) is 10.7. The smallest absolute Gasteiger partial charge is 0.311 e. The minimum Gasteiger partial charge on any atom is -0.481 e. The second kappa shape index (κ2) is 5.64. The highest BCUT2D eigenvalue weighted by molar-refractivity contribution is 6.30. The van der Waals surface area contributed by atoms with E-state index in [0.717, 1.165) is 0 Å². The maximum Gasteiger partial charge on any atom is 0.311 e. The molecule has 1 fully saturated rings. The fourth-order valence-corrected chi connectivity index (χ4v) is 2.45. The van der Waals surface area contributed by atoms with Crippen LogP contribution in [0.25, 0.3) is 0 Å². The van der Waals surface area contributed by atoms with E-state index in [1.54, 1.807) is 11.9 Å². The van der Waals surface area contributed by atoms with E-state index in [1.165, 1.54) is 18.2 Å². The Balaban J connectivity index is 2.36. The molecule has 108 valence electrons. The van der Waals surface area contributed by atoms with E-state index in [1.807, 2.05) is 0 Å². The maximum absolute atomic E-state index is 11.2. The zero-order chi connectivity index (χ0) is 14.9. The van der Waals surface area contributed by atoms with Crippen molar-refractivity contribution in [2.24, 2.45) is 5.92 Å². The van der Waals surface area contributed by atoms with Crippen molar-refractivity contribution in [2.45, 2.75) is 6.04 Å². The Morgan fingerprint density at radius 2 is 2.25 bits per heavy atom. The summed E-state index contributed by atoms with van der Waals surface area (Å²) in [5.74, 6) is -1.69. The van der Waals surface area contributed by atoms with Gasteiger partial charge >= 0.3 is 5.97 Å². The van der Waals surface area contributed by atoms with Crippen LogP contribution in [-0.2, 0) is 9.53 Å². The fraction of sp³-hybridized carbons (Fsp3) is 0.417. The quantitative estimate of drug-likeness (QED) is 0.673. The number of anilines is 1. The van der Waals surface area contributed by atoms with Crippen LogP contribution in [-0.4, -0.2) is 42.3 Å². The van der Waals surface area contributed by atoms with Crippen LogP contribution < -0.4 is 4.90 Å². The Morgan fingerprint density at radius 3 is 2.85 bits per heavy atom. The molecule has 0 radical (unpaired) electrons. The van der Waals surface area contributed by atoms with Gasteiger partial charge in [0.15, 0.2) is 0 Å². The summed E-state index contributed by atoms with van der Waals surface area (Å²) in [6.45, 7) is 0.318. The number of hydrogen-bond donors (Lipinski definition) is 1. The summed E-state index contributed by atoms with van der Waals surface area (Å²) in [7, 11) is 1.62. The van der Waals surface area contributed by atoms with Crippen molar-refractivity contribution < 1.29 is 19.6 Å². The molecule has 2 rings (SSSR count). The number of nitro benzene ring substituents is 1. The molecule has 1 saturated heterocycles.